The highest BCUT2D eigenvalue weighted by molar-refractivity contribution is 6.30. The summed E-state index contributed by atoms with van der Waals surface area (Å²) in [6.07, 6.45) is 0.0412. The molecule has 0 aliphatic rings. The lowest BCUT2D eigenvalue weighted by molar-refractivity contribution is -0.132. The van der Waals surface area contributed by atoms with Crippen molar-refractivity contribution in [1.82, 2.24) is 4.90 Å². The molecule has 0 spiro atoms. The van der Waals surface area contributed by atoms with Gasteiger partial charge in [0.05, 0.1) is 19.1 Å². The van der Waals surface area contributed by atoms with Gasteiger partial charge in [-0.15, -0.1) is 0 Å². The van der Waals surface area contributed by atoms with Crippen LogP contribution in [0.2, 0.25) is 5.02 Å². The van der Waals surface area contributed by atoms with E-state index < -0.39 is 0 Å². The third kappa shape index (κ3) is 5.77. The molecule has 0 saturated carbocycles. The monoisotopic (exact) mass is 300 g/mol. The molecule has 1 unspecified atom stereocenters. The predicted octanol–water partition coefficient (Wildman–Crippen LogP) is 1.54. The number of nitrogens with zero attached hydrogens (tertiary/aromatic N) is 1. The summed E-state index contributed by atoms with van der Waals surface area (Å²) in [7, 11) is 3.28. The molecule has 1 aromatic carbocycles. The van der Waals surface area contributed by atoms with Gasteiger partial charge in [0, 0.05) is 25.7 Å². The van der Waals surface area contributed by atoms with Crippen LogP contribution >= 0.6 is 11.6 Å². The molecule has 112 valence electrons. The maximum absolute atomic E-state index is 11.9. The largest absolute Gasteiger partial charge is 0.492 e. The normalized spacial score (nSPS) is 12.0. The topological polar surface area (TPSA) is 64.8 Å². The van der Waals surface area contributed by atoms with Gasteiger partial charge in [-0.25, -0.2) is 0 Å². The molecule has 1 atom stereocenters. The minimum absolute atomic E-state index is 0.0167. The summed E-state index contributed by atoms with van der Waals surface area (Å²) in [6.45, 7) is 1.23. The van der Waals surface area contributed by atoms with Crippen LogP contribution in [0.25, 0.3) is 0 Å². The average molecular weight is 301 g/mol. The maximum Gasteiger partial charge on any atom is 0.225 e. The number of rotatable bonds is 8. The van der Waals surface area contributed by atoms with Gasteiger partial charge in [-0.1, -0.05) is 17.7 Å². The minimum atomic E-state index is -0.237. The van der Waals surface area contributed by atoms with Crippen LogP contribution in [0.4, 0.5) is 0 Å². The zero-order valence-corrected chi connectivity index (χ0v) is 12.6. The molecule has 1 rings (SSSR count). The van der Waals surface area contributed by atoms with E-state index >= 15 is 0 Å². The number of carbonyl (C=O) groups is 1. The van der Waals surface area contributed by atoms with Gasteiger partial charge in [-0.3, -0.25) is 4.79 Å². The van der Waals surface area contributed by atoms with E-state index in [1.165, 1.54) is 0 Å². The van der Waals surface area contributed by atoms with Gasteiger partial charge in [0.1, 0.15) is 12.4 Å². The van der Waals surface area contributed by atoms with E-state index in [1.54, 1.807) is 31.2 Å². The first-order chi connectivity index (χ1) is 9.56. The van der Waals surface area contributed by atoms with Crippen molar-refractivity contribution in [3.05, 3.63) is 29.3 Å². The standard InChI is InChI=1S/C14H21ClN2O3/c1-17(14(18)9-13(10-16)19-2)6-7-20-12-5-3-4-11(15)8-12/h3-5,8,13H,6-7,9-10,16H2,1-2H3. The number of ether oxygens (including phenoxy) is 2. The van der Waals surface area contributed by atoms with Gasteiger partial charge in [-0.05, 0) is 18.2 Å². The average Bonchev–Trinajstić information content (AvgIpc) is 2.44. The number of methoxy groups -OCH3 is 1. The minimum Gasteiger partial charge on any atom is -0.492 e. The summed E-state index contributed by atoms with van der Waals surface area (Å²) in [5.41, 5.74) is 5.49. The number of amides is 1. The first-order valence-electron chi connectivity index (χ1n) is 6.42. The highest BCUT2D eigenvalue weighted by Crippen LogP contribution is 2.16. The predicted molar refractivity (Wildman–Crippen MR) is 79.1 cm³/mol. The second kappa shape index (κ2) is 8.79. The fourth-order valence-electron chi connectivity index (χ4n) is 1.60. The van der Waals surface area contributed by atoms with Gasteiger partial charge in [0.15, 0.2) is 0 Å². The Morgan fingerprint density at radius 1 is 1.50 bits per heavy atom. The summed E-state index contributed by atoms with van der Waals surface area (Å²) in [4.78, 5) is 13.5. The fourth-order valence-corrected chi connectivity index (χ4v) is 1.78. The lowest BCUT2D eigenvalue weighted by Gasteiger charge is -2.20. The Kier molecular flexibility index (Phi) is 7.36. The second-order valence-electron chi connectivity index (χ2n) is 4.42. The Bertz CT molecular complexity index is 425. The maximum atomic E-state index is 11.9. The Hall–Kier alpha value is -1.30. The fraction of sp³-hybridized carbons (Fsp3) is 0.500. The van der Waals surface area contributed by atoms with Gasteiger partial charge in [0.2, 0.25) is 5.91 Å². The molecule has 0 aromatic heterocycles. The molecule has 0 heterocycles. The quantitative estimate of drug-likeness (QED) is 0.791. The summed E-state index contributed by atoms with van der Waals surface area (Å²) >= 11 is 5.86. The molecule has 0 saturated heterocycles. The van der Waals surface area contributed by atoms with Crippen LogP contribution in [0.5, 0.6) is 5.75 Å². The Morgan fingerprint density at radius 2 is 2.25 bits per heavy atom. The summed E-state index contributed by atoms with van der Waals surface area (Å²) < 4.78 is 10.6. The van der Waals surface area contributed by atoms with E-state index in [0.717, 1.165) is 0 Å². The molecule has 5 nitrogen and oxygen atoms in total. The second-order valence-corrected chi connectivity index (χ2v) is 4.86. The Labute approximate surface area is 124 Å². The molecular weight excluding hydrogens is 280 g/mol. The first-order valence-corrected chi connectivity index (χ1v) is 6.79. The zero-order chi connectivity index (χ0) is 15.0. The van der Waals surface area contributed by atoms with Crippen molar-refractivity contribution < 1.29 is 14.3 Å². The van der Waals surface area contributed by atoms with Gasteiger partial charge in [-0.2, -0.15) is 0 Å². The van der Waals surface area contributed by atoms with Crippen molar-refractivity contribution in [2.75, 3.05) is 33.9 Å². The summed E-state index contributed by atoms with van der Waals surface area (Å²) in [6, 6.07) is 7.15. The van der Waals surface area contributed by atoms with E-state index in [9.17, 15) is 4.79 Å². The van der Waals surface area contributed by atoms with Crippen molar-refractivity contribution in [3.63, 3.8) is 0 Å². The van der Waals surface area contributed by atoms with E-state index in [4.69, 9.17) is 26.8 Å². The number of halogens is 1. The third-order valence-electron chi connectivity index (χ3n) is 2.92. The molecule has 0 aliphatic carbocycles. The van der Waals surface area contributed by atoms with Crippen LogP contribution in [0.15, 0.2) is 24.3 Å². The first kappa shape index (κ1) is 16.8. The van der Waals surface area contributed by atoms with Gasteiger partial charge in [0.25, 0.3) is 0 Å². The molecule has 0 bridgehead atoms. The zero-order valence-electron chi connectivity index (χ0n) is 11.8. The van der Waals surface area contributed by atoms with E-state index in [0.29, 0.717) is 30.5 Å². The van der Waals surface area contributed by atoms with E-state index in [1.807, 2.05) is 12.1 Å². The van der Waals surface area contributed by atoms with E-state index in [-0.39, 0.29) is 18.4 Å². The van der Waals surface area contributed by atoms with Crippen LogP contribution in [-0.4, -0.2) is 50.8 Å². The van der Waals surface area contributed by atoms with Crippen molar-refractivity contribution in [2.45, 2.75) is 12.5 Å². The van der Waals surface area contributed by atoms with Gasteiger partial charge < -0.3 is 20.1 Å². The van der Waals surface area contributed by atoms with Crippen molar-refractivity contribution >= 4 is 17.5 Å². The lowest BCUT2D eigenvalue weighted by Crippen LogP contribution is -2.35. The Morgan fingerprint density at radius 3 is 2.85 bits per heavy atom. The van der Waals surface area contributed by atoms with E-state index in [2.05, 4.69) is 0 Å². The smallest absolute Gasteiger partial charge is 0.225 e. The molecule has 0 fully saturated rings. The lowest BCUT2D eigenvalue weighted by atomic mass is 10.2. The number of nitrogens with two attached hydrogens (primary N) is 1. The van der Waals surface area contributed by atoms with Crippen LogP contribution in [0, 0.1) is 0 Å². The highest BCUT2D eigenvalue weighted by atomic mass is 35.5. The molecule has 2 N–H and O–H groups in total. The summed E-state index contributed by atoms with van der Waals surface area (Å²) in [5.74, 6) is 0.673. The SMILES string of the molecule is COC(CN)CC(=O)N(C)CCOc1cccc(Cl)c1. The van der Waals surface area contributed by atoms with Crippen molar-refractivity contribution in [3.8, 4) is 5.75 Å². The number of likely N-dealkylation sites (N-methyl/N-ethyl adjacent to an activating group) is 1. The molecule has 6 heteroatoms. The Balaban J connectivity index is 2.32. The van der Waals surface area contributed by atoms with Gasteiger partial charge >= 0.3 is 0 Å². The molecular formula is C14H21ClN2O3. The number of hydrogen-bond acceptors (Lipinski definition) is 4. The van der Waals surface area contributed by atoms with Crippen LogP contribution < -0.4 is 10.5 Å². The molecule has 1 amide bonds. The molecule has 0 aliphatic heterocycles. The molecule has 0 radical (unpaired) electrons. The highest BCUT2D eigenvalue weighted by Gasteiger charge is 2.15. The van der Waals surface area contributed by atoms with Crippen molar-refractivity contribution in [1.29, 1.82) is 0 Å². The van der Waals surface area contributed by atoms with Crippen molar-refractivity contribution in [2.24, 2.45) is 5.73 Å². The number of benzene rings is 1. The molecule has 1 aromatic rings. The van der Waals surface area contributed by atoms with Crippen LogP contribution in [-0.2, 0) is 9.53 Å². The third-order valence-corrected chi connectivity index (χ3v) is 3.15. The number of carbonyl (C=O) groups excluding carboxylic acids is 1. The molecule has 20 heavy (non-hydrogen) atoms. The summed E-state index contributed by atoms with van der Waals surface area (Å²) in [5, 5.41) is 0.623. The van der Waals surface area contributed by atoms with Crippen LogP contribution in [0.3, 0.4) is 0 Å². The van der Waals surface area contributed by atoms with Crippen LogP contribution in [0.1, 0.15) is 6.42 Å². The number of hydrogen-bond donors (Lipinski definition) is 1.